The van der Waals surface area contributed by atoms with E-state index in [-0.39, 0.29) is 11.8 Å². The number of thiophene rings is 1. The Kier molecular flexibility index (Phi) is 4.37. The van der Waals surface area contributed by atoms with Crippen molar-refractivity contribution in [3.8, 4) is 0 Å². The fourth-order valence-corrected chi connectivity index (χ4v) is 5.59. The molecule has 2 aromatic carbocycles. The smallest absolute Gasteiger partial charge is 0.265 e. The highest BCUT2D eigenvalue weighted by molar-refractivity contribution is 7.21. The third kappa shape index (κ3) is 2.90. The molecule has 1 aliphatic heterocycles. The zero-order valence-corrected chi connectivity index (χ0v) is 17.0. The molecule has 6 heteroatoms. The minimum absolute atomic E-state index is 0.0293. The molecule has 2 aromatic heterocycles. The summed E-state index contributed by atoms with van der Waals surface area (Å²) in [4.78, 5) is 20.3. The first kappa shape index (κ1) is 17.7. The quantitative estimate of drug-likeness (QED) is 0.405. The third-order valence-electron chi connectivity index (χ3n) is 5.50. The summed E-state index contributed by atoms with van der Waals surface area (Å²) >= 11 is 8.07. The maximum atomic E-state index is 13.1. The minimum atomic E-state index is 0.0293. The molecule has 3 heterocycles. The van der Waals surface area contributed by atoms with E-state index in [4.69, 9.17) is 16.0 Å². The van der Waals surface area contributed by atoms with E-state index in [2.05, 4.69) is 4.98 Å². The number of carbonyl (C=O) groups excluding carboxylic acids is 1. The second-order valence-corrected chi connectivity index (χ2v) is 8.71. The number of nitrogens with zero attached hydrogens (tertiary/aromatic N) is 2. The van der Waals surface area contributed by atoms with Gasteiger partial charge in [-0.15, -0.1) is 11.3 Å². The summed E-state index contributed by atoms with van der Waals surface area (Å²) in [6, 6.07) is 13.9. The largest absolute Gasteiger partial charge is 0.440 e. The van der Waals surface area contributed by atoms with Gasteiger partial charge < -0.3 is 9.32 Å². The fraction of sp³-hybridized carbons (Fsp3) is 0.273. The SMILES string of the molecule is Cc1cccc2sc(C(=O)N3CCC(c4nc5ccccc5o4)CC3)c(Cl)c12. The molecule has 0 aliphatic carbocycles. The molecule has 0 unspecified atom stereocenters. The molecule has 0 spiro atoms. The summed E-state index contributed by atoms with van der Waals surface area (Å²) in [7, 11) is 0. The highest BCUT2D eigenvalue weighted by Crippen LogP contribution is 2.39. The Hall–Kier alpha value is -2.37. The van der Waals surface area contributed by atoms with Crippen LogP contribution in [-0.4, -0.2) is 28.9 Å². The summed E-state index contributed by atoms with van der Waals surface area (Å²) in [5.41, 5.74) is 2.82. The molecule has 1 aliphatic rings. The topological polar surface area (TPSA) is 46.3 Å². The van der Waals surface area contributed by atoms with Crippen LogP contribution < -0.4 is 0 Å². The molecule has 1 fully saturated rings. The van der Waals surface area contributed by atoms with Crippen LogP contribution in [0.1, 0.15) is 39.9 Å². The van der Waals surface area contributed by atoms with Crippen LogP contribution in [0.2, 0.25) is 5.02 Å². The van der Waals surface area contributed by atoms with Gasteiger partial charge in [-0.1, -0.05) is 35.9 Å². The predicted octanol–water partition coefficient (Wildman–Crippen LogP) is 6.02. The van der Waals surface area contributed by atoms with Crippen LogP contribution in [-0.2, 0) is 0 Å². The zero-order valence-electron chi connectivity index (χ0n) is 15.4. The summed E-state index contributed by atoms with van der Waals surface area (Å²) < 4.78 is 6.99. The summed E-state index contributed by atoms with van der Waals surface area (Å²) in [6.07, 6.45) is 1.69. The van der Waals surface area contributed by atoms with Crippen molar-refractivity contribution >= 4 is 50.0 Å². The van der Waals surface area contributed by atoms with Crippen molar-refractivity contribution in [3.63, 3.8) is 0 Å². The Morgan fingerprint density at radius 2 is 1.96 bits per heavy atom. The molecule has 0 atom stereocenters. The number of aryl methyl sites for hydroxylation is 1. The number of carbonyl (C=O) groups is 1. The lowest BCUT2D eigenvalue weighted by Gasteiger charge is -2.30. The Morgan fingerprint density at radius 1 is 1.18 bits per heavy atom. The van der Waals surface area contributed by atoms with E-state index in [0.29, 0.717) is 23.0 Å². The van der Waals surface area contributed by atoms with Crippen molar-refractivity contribution < 1.29 is 9.21 Å². The number of hydrogen-bond donors (Lipinski definition) is 0. The van der Waals surface area contributed by atoms with Gasteiger partial charge in [0.25, 0.3) is 5.91 Å². The molecular formula is C22H19ClN2O2S. The maximum absolute atomic E-state index is 13.1. The molecule has 0 bridgehead atoms. The summed E-state index contributed by atoms with van der Waals surface area (Å²) in [6.45, 7) is 3.40. The number of oxazole rings is 1. The molecule has 142 valence electrons. The molecule has 0 radical (unpaired) electrons. The van der Waals surface area contributed by atoms with Gasteiger partial charge in [-0.3, -0.25) is 4.79 Å². The van der Waals surface area contributed by atoms with Gasteiger partial charge in [0.05, 0.1) is 5.02 Å². The number of aromatic nitrogens is 1. The number of para-hydroxylation sites is 2. The van der Waals surface area contributed by atoms with Gasteiger partial charge in [0.15, 0.2) is 11.5 Å². The first-order valence-corrected chi connectivity index (χ1v) is 10.6. The monoisotopic (exact) mass is 410 g/mol. The van der Waals surface area contributed by atoms with Crippen molar-refractivity contribution in [2.75, 3.05) is 13.1 Å². The average molecular weight is 411 g/mol. The van der Waals surface area contributed by atoms with Gasteiger partial charge in [0.1, 0.15) is 10.4 Å². The Bertz CT molecular complexity index is 1150. The predicted molar refractivity (Wildman–Crippen MR) is 113 cm³/mol. The van der Waals surface area contributed by atoms with Crippen LogP contribution in [0.4, 0.5) is 0 Å². The third-order valence-corrected chi connectivity index (χ3v) is 7.13. The number of amides is 1. The lowest BCUT2D eigenvalue weighted by molar-refractivity contribution is 0.0712. The Balaban J connectivity index is 1.34. The highest BCUT2D eigenvalue weighted by atomic mass is 35.5. The molecule has 5 rings (SSSR count). The average Bonchev–Trinajstić information content (AvgIpc) is 3.30. The van der Waals surface area contributed by atoms with Gasteiger partial charge in [0, 0.05) is 29.1 Å². The van der Waals surface area contributed by atoms with E-state index in [1.165, 1.54) is 11.3 Å². The number of rotatable bonds is 2. The lowest BCUT2D eigenvalue weighted by atomic mass is 9.96. The molecular weight excluding hydrogens is 392 g/mol. The molecule has 1 saturated heterocycles. The first-order chi connectivity index (χ1) is 13.6. The summed E-state index contributed by atoms with van der Waals surface area (Å²) in [5, 5.41) is 1.59. The Morgan fingerprint density at radius 3 is 2.71 bits per heavy atom. The van der Waals surface area contributed by atoms with Crippen molar-refractivity contribution in [2.45, 2.75) is 25.7 Å². The number of hydrogen-bond acceptors (Lipinski definition) is 4. The zero-order chi connectivity index (χ0) is 19.3. The van der Waals surface area contributed by atoms with Crippen LogP contribution >= 0.6 is 22.9 Å². The van der Waals surface area contributed by atoms with E-state index in [0.717, 1.165) is 45.5 Å². The maximum Gasteiger partial charge on any atom is 0.265 e. The van der Waals surface area contributed by atoms with Crippen molar-refractivity contribution in [2.24, 2.45) is 0 Å². The van der Waals surface area contributed by atoms with Gasteiger partial charge in [0.2, 0.25) is 0 Å². The van der Waals surface area contributed by atoms with E-state index < -0.39 is 0 Å². The molecule has 0 N–H and O–H groups in total. The van der Waals surface area contributed by atoms with E-state index in [1.807, 2.05) is 54.3 Å². The van der Waals surface area contributed by atoms with Gasteiger partial charge in [-0.05, 0) is 43.5 Å². The minimum Gasteiger partial charge on any atom is -0.440 e. The molecule has 28 heavy (non-hydrogen) atoms. The normalized spacial score (nSPS) is 15.6. The van der Waals surface area contributed by atoms with Crippen molar-refractivity contribution in [1.29, 1.82) is 0 Å². The number of likely N-dealkylation sites (tertiary alicyclic amines) is 1. The molecule has 4 aromatic rings. The van der Waals surface area contributed by atoms with E-state index >= 15 is 0 Å². The number of fused-ring (bicyclic) bond motifs is 2. The number of halogens is 1. The standard InChI is InChI=1S/C22H19ClN2O2S/c1-13-5-4-8-17-18(13)19(23)20(28-17)22(26)25-11-9-14(10-12-25)21-24-15-6-2-3-7-16(15)27-21/h2-8,14H,9-12H2,1H3. The highest BCUT2D eigenvalue weighted by Gasteiger charge is 2.29. The lowest BCUT2D eigenvalue weighted by Crippen LogP contribution is -2.37. The second kappa shape index (κ2) is 6.90. The molecule has 4 nitrogen and oxygen atoms in total. The number of piperidine rings is 1. The first-order valence-electron chi connectivity index (χ1n) is 9.44. The summed E-state index contributed by atoms with van der Waals surface area (Å²) in [5.74, 6) is 1.06. The van der Waals surface area contributed by atoms with E-state index in [9.17, 15) is 4.79 Å². The molecule has 1 amide bonds. The second-order valence-electron chi connectivity index (χ2n) is 7.28. The van der Waals surface area contributed by atoms with Gasteiger partial charge in [-0.25, -0.2) is 4.98 Å². The fourth-order valence-electron chi connectivity index (χ4n) is 3.95. The van der Waals surface area contributed by atoms with Crippen LogP contribution in [0.25, 0.3) is 21.2 Å². The number of benzene rings is 2. The van der Waals surface area contributed by atoms with Gasteiger partial charge >= 0.3 is 0 Å². The van der Waals surface area contributed by atoms with E-state index in [1.54, 1.807) is 0 Å². The van der Waals surface area contributed by atoms with Gasteiger partial charge in [-0.2, -0.15) is 0 Å². The van der Waals surface area contributed by atoms with Crippen molar-refractivity contribution in [1.82, 2.24) is 9.88 Å². The van der Waals surface area contributed by atoms with Crippen LogP contribution in [0.5, 0.6) is 0 Å². The van der Waals surface area contributed by atoms with Crippen LogP contribution in [0.3, 0.4) is 0 Å². The molecule has 0 saturated carbocycles. The van der Waals surface area contributed by atoms with Crippen LogP contribution in [0, 0.1) is 6.92 Å². The Labute approximate surface area is 171 Å². The van der Waals surface area contributed by atoms with Crippen LogP contribution in [0.15, 0.2) is 46.9 Å². The van der Waals surface area contributed by atoms with Crippen molar-refractivity contribution in [3.05, 3.63) is 63.8 Å².